The van der Waals surface area contributed by atoms with Gasteiger partial charge in [0.05, 0.1) is 49.8 Å². The SMILES string of the molecule is CCC(C)(S)C(C)(CC(C)(CC)C(C)(C#N)CCC(=O)O)C(=O)NCCC[N+](C)(C)CCCS(=O)(=O)O. The monoisotopic (exact) mass is 564 g/mol. The molecule has 0 aromatic carbocycles. The molecule has 0 bridgehead atoms. The smallest absolute Gasteiger partial charge is 0.303 e. The summed E-state index contributed by atoms with van der Waals surface area (Å²) in [6.45, 7) is 13.2. The van der Waals surface area contributed by atoms with E-state index in [-0.39, 0.29) is 24.5 Å². The van der Waals surface area contributed by atoms with Gasteiger partial charge in [-0.3, -0.25) is 14.1 Å². The lowest BCUT2D eigenvalue weighted by Gasteiger charge is -2.51. The van der Waals surface area contributed by atoms with E-state index in [1.807, 2.05) is 48.7 Å². The van der Waals surface area contributed by atoms with Crippen molar-refractivity contribution in [2.75, 3.05) is 39.5 Å². The second kappa shape index (κ2) is 13.6. The second-order valence-electron chi connectivity index (χ2n) is 12.0. The molecule has 0 saturated carbocycles. The average Bonchev–Trinajstić information content (AvgIpc) is 2.78. The van der Waals surface area contributed by atoms with Crippen LogP contribution >= 0.6 is 12.6 Å². The number of thiol groups is 1. The number of hydrogen-bond acceptors (Lipinski definition) is 6. The van der Waals surface area contributed by atoms with Gasteiger partial charge in [-0.2, -0.15) is 26.3 Å². The molecular weight excluding hydrogens is 514 g/mol. The molecule has 1 amide bonds. The van der Waals surface area contributed by atoms with Crippen molar-refractivity contribution >= 4 is 34.6 Å². The summed E-state index contributed by atoms with van der Waals surface area (Å²) >= 11 is 4.91. The Hall–Kier alpha value is -1.35. The quantitative estimate of drug-likeness (QED) is 0.0847. The van der Waals surface area contributed by atoms with Crippen LogP contribution in [0, 0.1) is 27.6 Å². The Kier molecular flexibility index (Phi) is 13.1. The largest absolute Gasteiger partial charge is 0.481 e. The van der Waals surface area contributed by atoms with Gasteiger partial charge < -0.3 is 14.9 Å². The van der Waals surface area contributed by atoms with Gasteiger partial charge in [-0.15, -0.1) is 0 Å². The summed E-state index contributed by atoms with van der Waals surface area (Å²) in [4.78, 5) is 25.0. The zero-order valence-corrected chi connectivity index (χ0v) is 25.8. The van der Waals surface area contributed by atoms with Gasteiger partial charge in [-0.25, -0.2) is 0 Å². The number of hydrogen-bond donors (Lipinski definition) is 4. The van der Waals surface area contributed by atoms with Crippen LogP contribution in [0.3, 0.4) is 0 Å². The number of nitrogens with one attached hydrogen (secondary N) is 1. The number of nitriles is 1. The van der Waals surface area contributed by atoms with Crippen molar-refractivity contribution in [2.24, 2.45) is 16.2 Å². The Morgan fingerprint density at radius 1 is 1.05 bits per heavy atom. The fraction of sp³-hybridized carbons (Fsp3) is 0.885. The van der Waals surface area contributed by atoms with Crippen molar-refractivity contribution in [1.82, 2.24) is 5.32 Å². The fourth-order valence-corrected chi connectivity index (χ4v) is 5.61. The van der Waals surface area contributed by atoms with E-state index in [1.165, 1.54) is 0 Å². The van der Waals surface area contributed by atoms with Gasteiger partial charge in [0.25, 0.3) is 10.1 Å². The molecule has 37 heavy (non-hydrogen) atoms. The van der Waals surface area contributed by atoms with Gasteiger partial charge >= 0.3 is 5.97 Å². The zero-order chi connectivity index (χ0) is 29.3. The number of amides is 1. The maximum atomic E-state index is 13.7. The second-order valence-corrected chi connectivity index (χ2v) is 14.6. The lowest BCUT2D eigenvalue weighted by atomic mass is 9.54. The van der Waals surface area contributed by atoms with E-state index >= 15 is 0 Å². The number of rotatable bonds is 18. The lowest BCUT2D eigenvalue weighted by molar-refractivity contribution is -0.890. The maximum absolute atomic E-state index is 13.7. The van der Waals surface area contributed by atoms with Crippen LogP contribution in [0.5, 0.6) is 0 Å². The predicted octanol–water partition coefficient (Wildman–Crippen LogP) is 4.15. The van der Waals surface area contributed by atoms with E-state index in [4.69, 9.17) is 17.2 Å². The summed E-state index contributed by atoms with van der Waals surface area (Å²) in [7, 11) is -0.0243. The number of aliphatic carboxylic acids is 1. The van der Waals surface area contributed by atoms with Crippen LogP contribution in [0.1, 0.15) is 86.5 Å². The number of carboxylic acid groups (broad SMARTS) is 1. The molecule has 0 radical (unpaired) electrons. The highest BCUT2D eigenvalue weighted by Gasteiger charge is 2.55. The summed E-state index contributed by atoms with van der Waals surface area (Å²) in [6, 6.07) is 2.38. The number of nitrogens with zero attached hydrogens (tertiary/aromatic N) is 2. The van der Waals surface area contributed by atoms with E-state index in [0.717, 1.165) is 0 Å². The molecule has 4 unspecified atom stereocenters. The topological polar surface area (TPSA) is 145 Å². The van der Waals surface area contributed by atoms with Crippen LogP contribution < -0.4 is 5.32 Å². The molecule has 3 N–H and O–H groups in total. The molecule has 0 aromatic rings. The van der Waals surface area contributed by atoms with Gasteiger partial charge in [0.2, 0.25) is 5.91 Å². The highest BCUT2D eigenvalue weighted by atomic mass is 32.2. The molecule has 11 heteroatoms. The maximum Gasteiger partial charge on any atom is 0.303 e. The molecule has 0 rings (SSSR count). The minimum absolute atomic E-state index is 0.118. The van der Waals surface area contributed by atoms with Crippen molar-refractivity contribution in [3.8, 4) is 6.07 Å². The zero-order valence-electron chi connectivity index (χ0n) is 24.1. The summed E-state index contributed by atoms with van der Waals surface area (Å²) in [5, 5.41) is 22.4. The molecule has 0 spiro atoms. The molecule has 0 aliphatic rings. The van der Waals surface area contributed by atoms with Crippen LogP contribution in [0.25, 0.3) is 0 Å². The van der Waals surface area contributed by atoms with Gasteiger partial charge in [-0.05, 0) is 51.9 Å². The van der Waals surface area contributed by atoms with Crippen LogP contribution in [0.4, 0.5) is 0 Å². The Morgan fingerprint density at radius 3 is 2.03 bits per heavy atom. The van der Waals surface area contributed by atoms with Gasteiger partial charge in [0.15, 0.2) is 0 Å². The van der Waals surface area contributed by atoms with Crippen LogP contribution in [-0.4, -0.2) is 78.7 Å². The molecule has 9 nitrogen and oxygen atoms in total. The fourth-order valence-electron chi connectivity index (χ4n) is 4.94. The summed E-state index contributed by atoms with van der Waals surface area (Å²) in [5.41, 5.74) is -2.51. The van der Waals surface area contributed by atoms with Crippen LogP contribution in [-0.2, 0) is 19.7 Å². The third-order valence-corrected chi connectivity index (χ3v) is 10.3. The molecule has 0 fully saturated rings. The predicted molar refractivity (Wildman–Crippen MR) is 150 cm³/mol. The number of carboxylic acids is 1. The Labute approximate surface area is 230 Å². The lowest BCUT2D eigenvalue weighted by Crippen LogP contribution is -2.55. The molecule has 0 aromatic heterocycles. The Balaban J connectivity index is 5.63. The molecule has 0 aliphatic heterocycles. The summed E-state index contributed by atoms with van der Waals surface area (Å²) in [6.07, 6.45) is 2.69. The molecule has 0 saturated heterocycles. The first-order valence-electron chi connectivity index (χ1n) is 13.0. The van der Waals surface area contributed by atoms with Crippen molar-refractivity contribution in [3.05, 3.63) is 0 Å². The van der Waals surface area contributed by atoms with Crippen LogP contribution in [0.2, 0.25) is 0 Å². The number of quaternary nitrogens is 1. The highest BCUT2D eigenvalue weighted by molar-refractivity contribution is 7.85. The van der Waals surface area contributed by atoms with Gasteiger partial charge in [0.1, 0.15) is 0 Å². The first-order chi connectivity index (χ1) is 16.6. The molecule has 4 atom stereocenters. The number of carbonyl (C=O) groups excluding carboxylic acids is 1. The van der Waals surface area contributed by atoms with Gasteiger partial charge in [-0.1, -0.05) is 20.8 Å². The Morgan fingerprint density at radius 2 is 1.59 bits per heavy atom. The average molecular weight is 565 g/mol. The van der Waals surface area contributed by atoms with E-state index in [0.29, 0.717) is 56.2 Å². The van der Waals surface area contributed by atoms with E-state index in [2.05, 4.69) is 11.4 Å². The van der Waals surface area contributed by atoms with Crippen molar-refractivity contribution in [1.29, 1.82) is 5.26 Å². The molecule has 0 heterocycles. The summed E-state index contributed by atoms with van der Waals surface area (Å²) in [5.74, 6) is -1.37. The minimum Gasteiger partial charge on any atom is -0.481 e. The summed E-state index contributed by atoms with van der Waals surface area (Å²) < 4.78 is 30.8. The first kappa shape index (κ1) is 35.6. The third kappa shape index (κ3) is 10.4. The van der Waals surface area contributed by atoms with E-state index in [9.17, 15) is 28.4 Å². The molecule has 0 aliphatic carbocycles. The molecular formula is C26H50N3O6S2+. The van der Waals surface area contributed by atoms with Crippen LogP contribution in [0.15, 0.2) is 0 Å². The van der Waals surface area contributed by atoms with Crippen molar-refractivity contribution in [3.63, 3.8) is 0 Å². The standard InChI is InChI=1S/C26H49N3O6S2/c1-9-23(3,24(4,20-27)14-13-21(30)31)19-25(5,26(6,36)10-2)22(32)28-15-11-16-29(7,8)17-12-18-37(33,34)35/h9-19H2,1-8H3,(H3-,28,30,31,32,33,34,35,36)/p+1. The third-order valence-electron chi connectivity index (χ3n) is 8.71. The Bertz CT molecular complexity index is 931. The van der Waals surface area contributed by atoms with Crippen molar-refractivity contribution in [2.45, 2.75) is 91.2 Å². The van der Waals surface area contributed by atoms with Gasteiger partial charge in [0, 0.05) is 30.6 Å². The normalized spacial score (nSPS) is 18.9. The molecule has 216 valence electrons. The van der Waals surface area contributed by atoms with Crippen molar-refractivity contribution < 1.29 is 32.1 Å². The minimum atomic E-state index is -3.98. The van der Waals surface area contributed by atoms with E-state index in [1.54, 1.807) is 6.92 Å². The van der Waals surface area contributed by atoms with E-state index < -0.39 is 37.1 Å². The highest BCUT2D eigenvalue weighted by Crippen LogP contribution is 2.55. The first-order valence-corrected chi connectivity index (χ1v) is 15.1. The number of carbonyl (C=O) groups is 2.